The van der Waals surface area contributed by atoms with Crippen molar-refractivity contribution in [2.24, 2.45) is 0 Å². The zero-order valence-electron chi connectivity index (χ0n) is 13.3. The Hall–Kier alpha value is -0.660. The van der Waals surface area contributed by atoms with E-state index in [0.29, 0.717) is 16.8 Å². The van der Waals surface area contributed by atoms with Crippen molar-refractivity contribution in [2.45, 2.75) is 51.0 Å². The van der Waals surface area contributed by atoms with E-state index in [2.05, 4.69) is 26.2 Å². The van der Waals surface area contributed by atoms with Crippen LogP contribution in [0.25, 0.3) is 0 Å². The van der Waals surface area contributed by atoms with E-state index in [1.165, 1.54) is 4.31 Å². The van der Waals surface area contributed by atoms with E-state index in [0.717, 1.165) is 12.8 Å². The van der Waals surface area contributed by atoms with Crippen molar-refractivity contribution in [2.75, 3.05) is 18.9 Å². The minimum Gasteiger partial charge on any atom is -0.369 e. The molecule has 0 spiro atoms. The molecule has 0 aliphatic carbocycles. The summed E-state index contributed by atoms with van der Waals surface area (Å²) in [4.78, 5) is 4.41. The van der Waals surface area contributed by atoms with Gasteiger partial charge in [-0.1, -0.05) is 13.8 Å². The summed E-state index contributed by atoms with van der Waals surface area (Å²) in [7, 11) is -2.00. The van der Waals surface area contributed by atoms with Gasteiger partial charge in [-0.05, 0) is 48.7 Å². The molecule has 7 heteroatoms. The fourth-order valence-corrected chi connectivity index (χ4v) is 3.89. The normalized spacial score (nSPS) is 12.7. The van der Waals surface area contributed by atoms with Gasteiger partial charge in [0.05, 0.1) is 0 Å². The van der Waals surface area contributed by atoms with Crippen LogP contribution in [0.5, 0.6) is 0 Å². The van der Waals surface area contributed by atoms with Crippen LogP contribution in [0.15, 0.2) is 21.6 Å². The van der Waals surface area contributed by atoms with Crippen LogP contribution in [-0.2, 0) is 10.0 Å². The third kappa shape index (κ3) is 4.17. The average Bonchev–Trinajstić information content (AvgIpc) is 2.45. The Kier molecular flexibility index (Phi) is 6.19. The second-order valence-electron chi connectivity index (χ2n) is 5.57. The highest BCUT2D eigenvalue weighted by Crippen LogP contribution is 2.30. The van der Waals surface area contributed by atoms with E-state index < -0.39 is 15.6 Å². The third-order valence-electron chi connectivity index (χ3n) is 3.72. The molecule has 1 N–H and O–H groups in total. The van der Waals surface area contributed by atoms with Gasteiger partial charge in [-0.2, -0.15) is 4.31 Å². The quantitative estimate of drug-likeness (QED) is 0.789. The van der Waals surface area contributed by atoms with Crippen molar-refractivity contribution in [1.82, 2.24) is 9.29 Å². The lowest BCUT2D eigenvalue weighted by atomic mass is 10.0. The van der Waals surface area contributed by atoms with E-state index >= 15 is 0 Å². The minimum absolute atomic E-state index is 0.203. The van der Waals surface area contributed by atoms with E-state index in [9.17, 15) is 8.42 Å². The van der Waals surface area contributed by atoms with Crippen LogP contribution in [-0.4, -0.2) is 36.8 Å². The Morgan fingerprint density at radius 2 is 2.00 bits per heavy atom. The molecular weight excluding hydrogens is 354 g/mol. The van der Waals surface area contributed by atoms with Crippen LogP contribution in [0, 0.1) is 0 Å². The van der Waals surface area contributed by atoms with Gasteiger partial charge in [-0.15, -0.1) is 0 Å². The molecule has 21 heavy (non-hydrogen) atoms. The van der Waals surface area contributed by atoms with Gasteiger partial charge in [0.2, 0.25) is 10.0 Å². The fraction of sp³-hybridized carbons (Fsp3) is 0.643. The van der Waals surface area contributed by atoms with Gasteiger partial charge in [-0.25, -0.2) is 13.4 Å². The predicted octanol–water partition coefficient (Wildman–Crippen LogP) is 3.48. The maximum Gasteiger partial charge on any atom is 0.247 e. The third-order valence-corrected chi connectivity index (χ3v) is 6.23. The zero-order chi connectivity index (χ0) is 16.3. The molecular formula is C14H24BrN3O2S. The van der Waals surface area contributed by atoms with Crippen LogP contribution in [0.2, 0.25) is 0 Å². The number of anilines is 1. The van der Waals surface area contributed by atoms with Crippen molar-refractivity contribution in [3.63, 3.8) is 0 Å². The molecule has 0 atom stereocenters. The van der Waals surface area contributed by atoms with Crippen molar-refractivity contribution in [3.05, 3.63) is 16.7 Å². The predicted molar refractivity (Wildman–Crippen MR) is 90.0 cm³/mol. The number of hydrogen-bond donors (Lipinski definition) is 1. The summed E-state index contributed by atoms with van der Waals surface area (Å²) >= 11 is 3.30. The molecule has 1 aromatic rings. The molecule has 0 amide bonds. The van der Waals surface area contributed by atoms with E-state index in [4.69, 9.17) is 0 Å². The smallest absolute Gasteiger partial charge is 0.247 e. The molecule has 0 aromatic carbocycles. The number of nitrogens with one attached hydrogen (secondary N) is 1. The first-order chi connectivity index (χ1) is 9.66. The SMILES string of the molecule is CCCNc1ncc(Br)cc1S(=O)(=O)N(C)C(C)(C)CC. The van der Waals surface area contributed by atoms with Crippen molar-refractivity contribution in [1.29, 1.82) is 0 Å². The van der Waals surface area contributed by atoms with Gasteiger partial charge in [-0.3, -0.25) is 0 Å². The molecule has 120 valence electrons. The summed E-state index contributed by atoms with van der Waals surface area (Å²) in [5, 5.41) is 3.08. The van der Waals surface area contributed by atoms with Crippen LogP contribution in [0.1, 0.15) is 40.5 Å². The Labute approximate surface area is 136 Å². The Morgan fingerprint density at radius 3 is 2.52 bits per heavy atom. The highest BCUT2D eigenvalue weighted by molar-refractivity contribution is 9.10. The van der Waals surface area contributed by atoms with Gasteiger partial charge in [0.25, 0.3) is 0 Å². The number of hydrogen-bond acceptors (Lipinski definition) is 4. The molecule has 0 saturated carbocycles. The lowest BCUT2D eigenvalue weighted by molar-refractivity contribution is 0.257. The van der Waals surface area contributed by atoms with Crippen LogP contribution >= 0.6 is 15.9 Å². The highest BCUT2D eigenvalue weighted by Gasteiger charge is 2.34. The average molecular weight is 378 g/mol. The van der Waals surface area contributed by atoms with Crippen LogP contribution < -0.4 is 5.32 Å². The summed E-state index contributed by atoms with van der Waals surface area (Å²) in [6.45, 7) is 8.50. The molecule has 1 aromatic heterocycles. The monoisotopic (exact) mass is 377 g/mol. The maximum absolute atomic E-state index is 12.9. The van der Waals surface area contributed by atoms with E-state index in [1.807, 2.05) is 27.7 Å². The summed E-state index contributed by atoms with van der Waals surface area (Å²) in [5.74, 6) is 0.402. The maximum atomic E-state index is 12.9. The first-order valence-electron chi connectivity index (χ1n) is 7.05. The summed E-state index contributed by atoms with van der Waals surface area (Å²) in [6.07, 6.45) is 3.22. The van der Waals surface area contributed by atoms with Crippen LogP contribution in [0.3, 0.4) is 0 Å². The fourth-order valence-electron chi connectivity index (χ4n) is 1.69. The molecule has 0 fully saturated rings. The zero-order valence-corrected chi connectivity index (χ0v) is 15.7. The van der Waals surface area contributed by atoms with Gasteiger partial charge < -0.3 is 5.32 Å². The molecule has 5 nitrogen and oxygen atoms in total. The number of halogens is 1. The van der Waals surface area contributed by atoms with Gasteiger partial charge in [0, 0.05) is 29.8 Å². The van der Waals surface area contributed by atoms with Crippen LogP contribution in [0.4, 0.5) is 5.82 Å². The molecule has 0 unspecified atom stereocenters. The summed E-state index contributed by atoms with van der Waals surface area (Å²) < 4.78 is 27.9. The minimum atomic E-state index is -3.61. The highest BCUT2D eigenvalue weighted by atomic mass is 79.9. The Balaban J connectivity index is 3.33. The van der Waals surface area contributed by atoms with Gasteiger partial charge in [0.1, 0.15) is 10.7 Å². The van der Waals surface area contributed by atoms with Gasteiger partial charge in [0.15, 0.2) is 0 Å². The van der Waals surface area contributed by atoms with E-state index in [1.54, 1.807) is 19.3 Å². The first kappa shape index (κ1) is 18.4. The molecule has 1 heterocycles. The Bertz CT molecular complexity index is 588. The second kappa shape index (κ2) is 7.07. The second-order valence-corrected chi connectivity index (χ2v) is 8.42. The van der Waals surface area contributed by atoms with E-state index in [-0.39, 0.29) is 4.90 Å². The van der Waals surface area contributed by atoms with Crippen molar-refractivity contribution >= 4 is 31.8 Å². The number of aromatic nitrogens is 1. The van der Waals surface area contributed by atoms with Crippen molar-refractivity contribution in [3.8, 4) is 0 Å². The molecule has 0 saturated heterocycles. The Morgan fingerprint density at radius 1 is 1.38 bits per heavy atom. The summed E-state index contributed by atoms with van der Waals surface area (Å²) in [6, 6.07) is 1.60. The molecule has 0 radical (unpaired) electrons. The lowest BCUT2D eigenvalue weighted by Gasteiger charge is -2.34. The molecule has 1 rings (SSSR count). The largest absolute Gasteiger partial charge is 0.369 e. The standard InChI is InChI=1S/C14H24BrN3O2S/c1-6-8-16-13-12(9-11(15)10-17-13)21(19,20)18(5)14(3,4)7-2/h9-10H,6-8H2,1-5H3,(H,16,17). The first-order valence-corrected chi connectivity index (χ1v) is 9.28. The molecule has 0 aliphatic rings. The number of nitrogens with zero attached hydrogens (tertiary/aromatic N) is 2. The molecule has 0 aliphatic heterocycles. The summed E-state index contributed by atoms with van der Waals surface area (Å²) in [5.41, 5.74) is -0.455. The topological polar surface area (TPSA) is 62.3 Å². The lowest BCUT2D eigenvalue weighted by Crippen LogP contribution is -2.44. The van der Waals surface area contributed by atoms with Gasteiger partial charge >= 0.3 is 0 Å². The molecule has 0 bridgehead atoms. The number of sulfonamides is 1. The number of pyridine rings is 1. The number of rotatable bonds is 7. The van der Waals surface area contributed by atoms with Crippen molar-refractivity contribution < 1.29 is 8.42 Å².